The Morgan fingerprint density at radius 1 is 1.33 bits per heavy atom. The SMILES string of the molecule is CCCC[C@](C)(C#N)Nc1ccccc1. The molecule has 0 aromatic heterocycles. The molecule has 0 heterocycles. The minimum atomic E-state index is -0.447. The first kappa shape index (κ1) is 11.6. The highest BCUT2D eigenvalue weighted by Crippen LogP contribution is 2.19. The van der Waals surface area contributed by atoms with E-state index < -0.39 is 5.54 Å². The third-order valence-electron chi connectivity index (χ3n) is 2.47. The van der Waals surface area contributed by atoms with E-state index in [-0.39, 0.29) is 0 Å². The molecule has 0 radical (unpaired) electrons. The highest BCUT2D eigenvalue weighted by molar-refractivity contribution is 5.46. The van der Waals surface area contributed by atoms with Gasteiger partial charge in [0.25, 0.3) is 0 Å². The first-order valence-electron chi connectivity index (χ1n) is 5.44. The smallest absolute Gasteiger partial charge is 0.122 e. The Bertz CT molecular complexity index is 326. The van der Waals surface area contributed by atoms with Crippen molar-refractivity contribution in [3.8, 4) is 6.07 Å². The van der Waals surface area contributed by atoms with Gasteiger partial charge in [0.15, 0.2) is 0 Å². The van der Waals surface area contributed by atoms with E-state index >= 15 is 0 Å². The van der Waals surface area contributed by atoms with Crippen LogP contribution in [0.4, 0.5) is 5.69 Å². The molecule has 0 saturated carbocycles. The molecule has 1 rings (SSSR count). The zero-order valence-corrected chi connectivity index (χ0v) is 9.46. The second-order valence-electron chi connectivity index (χ2n) is 4.04. The number of nitrogens with zero attached hydrogens (tertiary/aromatic N) is 1. The van der Waals surface area contributed by atoms with Gasteiger partial charge < -0.3 is 5.32 Å². The predicted octanol–water partition coefficient (Wildman–Crippen LogP) is 3.57. The van der Waals surface area contributed by atoms with Crippen molar-refractivity contribution in [1.29, 1.82) is 5.26 Å². The van der Waals surface area contributed by atoms with E-state index in [9.17, 15) is 0 Å². The average Bonchev–Trinajstić information content (AvgIpc) is 2.28. The molecule has 0 bridgehead atoms. The number of nitriles is 1. The molecule has 1 aromatic carbocycles. The Morgan fingerprint density at radius 2 is 2.00 bits per heavy atom. The molecule has 1 aromatic rings. The van der Waals surface area contributed by atoms with Gasteiger partial charge in [-0.2, -0.15) is 5.26 Å². The van der Waals surface area contributed by atoms with Crippen LogP contribution in [0.25, 0.3) is 0 Å². The Balaban J connectivity index is 2.65. The number of hydrogen-bond donors (Lipinski definition) is 1. The summed E-state index contributed by atoms with van der Waals surface area (Å²) >= 11 is 0. The van der Waals surface area contributed by atoms with E-state index in [1.54, 1.807) is 0 Å². The summed E-state index contributed by atoms with van der Waals surface area (Å²) in [6, 6.07) is 12.2. The Hall–Kier alpha value is -1.49. The van der Waals surface area contributed by atoms with Crippen molar-refractivity contribution in [1.82, 2.24) is 0 Å². The maximum Gasteiger partial charge on any atom is 0.122 e. The Kier molecular flexibility index (Phi) is 4.17. The topological polar surface area (TPSA) is 35.8 Å². The lowest BCUT2D eigenvalue weighted by Gasteiger charge is -2.24. The number of para-hydroxylation sites is 1. The van der Waals surface area contributed by atoms with Gasteiger partial charge >= 0.3 is 0 Å². The van der Waals surface area contributed by atoms with E-state index in [1.807, 2.05) is 37.3 Å². The largest absolute Gasteiger partial charge is 0.368 e. The number of rotatable bonds is 5. The first-order chi connectivity index (χ1) is 7.20. The van der Waals surface area contributed by atoms with Crippen molar-refractivity contribution in [2.75, 3.05) is 5.32 Å². The summed E-state index contributed by atoms with van der Waals surface area (Å²) in [5, 5.41) is 12.4. The van der Waals surface area contributed by atoms with Gasteiger partial charge in [-0.15, -0.1) is 0 Å². The van der Waals surface area contributed by atoms with Gasteiger partial charge in [0, 0.05) is 5.69 Å². The zero-order valence-electron chi connectivity index (χ0n) is 9.46. The molecule has 0 amide bonds. The van der Waals surface area contributed by atoms with Crippen LogP contribution < -0.4 is 5.32 Å². The molecule has 0 aliphatic rings. The first-order valence-corrected chi connectivity index (χ1v) is 5.44. The van der Waals surface area contributed by atoms with Crippen LogP contribution in [0.1, 0.15) is 33.1 Å². The summed E-state index contributed by atoms with van der Waals surface area (Å²) in [5.74, 6) is 0. The normalized spacial score (nSPS) is 13.9. The van der Waals surface area contributed by atoms with E-state index in [0.717, 1.165) is 24.9 Å². The van der Waals surface area contributed by atoms with E-state index in [2.05, 4.69) is 18.3 Å². The van der Waals surface area contributed by atoms with Gasteiger partial charge in [-0.3, -0.25) is 0 Å². The third-order valence-corrected chi connectivity index (χ3v) is 2.47. The molecule has 0 fully saturated rings. The van der Waals surface area contributed by atoms with Crippen LogP contribution in [0.2, 0.25) is 0 Å². The number of hydrogen-bond acceptors (Lipinski definition) is 2. The highest BCUT2D eigenvalue weighted by Gasteiger charge is 2.22. The molecule has 0 aliphatic carbocycles. The van der Waals surface area contributed by atoms with Crippen molar-refractivity contribution in [2.24, 2.45) is 0 Å². The monoisotopic (exact) mass is 202 g/mol. The summed E-state index contributed by atoms with van der Waals surface area (Å²) in [4.78, 5) is 0. The summed E-state index contributed by atoms with van der Waals surface area (Å²) in [6.45, 7) is 4.09. The minimum Gasteiger partial charge on any atom is -0.368 e. The lowest BCUT2D eigenvalue weighted by Crippen LogP contribution is -2.32. The molecule has 80 valence electrons. The second kappa shape index (κ2) is 5.41. The molecule has 0 saturated heterocycles. The van der Waals surface area contributed by atoms with Crippen molar-refractivity contribution < 1.29 is 0 Å². The van der Waals surface area contributed by atoms with Gasteiger partial charge in [0.2, 0.25) is 0 Å². The molecular formula is C13H18N2. The van der Waals surface area contributed by atoms with Gasteiger partial charge in [-0.1, -0.05) is 38.0 Å². The lowest BCUT2D eigenvalue weighted by atomic mass is 9.96. The van der Waals surface area contributed by atoms with E-state index in [0.29, 0.717) is 0 Å². The van der Waals surface area contributed by atoms with E-state index in [1.165, 1.54) is 0 Å². The van der Waals surface area contributed by atoms with Crippen molar-refractivity contribution in [3.05, 3.63) is 30.3 Å². The van der Waals surface area contributed by atoms with Crippen molar-refractivity contribution >= 4 is 5.69 Å². The second-order valence-corrected chi connectivity index (χ2v) is 4.04. The maximum atomic E-state index is 9.16. The minimum absolute atomic E-state index is 0.447. The average molecular weight is 202 g/mol. The maximum absolute atomic E-state index is 9.16. The van der Waals surface area contributed by atoms with Crippen molar-refractivity contribution in [2.45, 2.75) is 38.6 Å². The van der Waals surface area contributed by atoms with Crippen LogP contribution in [0, 0.1) is 11.3 Å². The summed E-state index contributed by atoms with van der Waals surface area (Å²) in [6.07, 6.45) is 3.08. The van der Waals surface area contributed by atoms with Gasteiger partial charge in [0.05, 0.1) is 6.07 Å². The molecule has 1 atom stereocenters. The molecule has 2 nitrogen and oxygen atoms in total. The molecule has 15 heavy (non-hydrogen) atoms. The Morgan fingerprint density at radius 3 is 2.53 bits per heavy atom. The predicted molar refractivity (Wildman–Crippen MR) is 63.6 cm³/mol. The zero-order chi connectivity index (χ0) is 11.1. The quantitative estimate of drug-likeness (QED) is 0.792. The molecule has 0 spiro atoms. The standard InChI is InChI=1S/C13H18N2/c1-3-4-10-13(2,11-14)15-12-8-6-5-7-9-12/h5-9,15H,3-4,10H2,1-2H3/t13-/m1/s1. The fourth-order valence-corrected chi connectivity index (χ4v) is 1.52. The fourth-order valence-electron chi connectivity index (χ4n) is 1.52. The summed E-state index contributed by atoms with van der Waals surface area (Å²) in [7, 11) is 0. The van der Waals surface area contributed by atoms with Gasteiger partial charge in [-0.05, 0) is 25.5 Å². The number of benzene rings is 1. The molecule has 2 heteroatoms. The lowest BCUT2D eigenvalue weighted by molar-refractivity contribution is 0.553. The molecule has 0 unspecified atom stereocenters. The number of unbranched alkanes of at least 4 members (excludes halogenated alkanes) is 1. The third kappa shape index (κ3) is 3.63. The molecule has 0 aliphatic heterocycles. The fraction of sp³-hybridized carbons (Fsp3) is 0.462. The summed E-state index contributed by atoms with van der Waals surface area (Å²) < 4.78 is 0. The number of anilines is 1. The van der Waals surface area contributed by atoms with Gasteiger partial charge in [0.1, 0.15) is 5.54 Å². The highest BCUT2D eigenvalue weighted by atomic mass is 15.0. The van der Waals surface area contributed by atoms with Crippen LogP contribution in [-0.4, -0.2) is 5.54 Å². The summed E-state index contributed by atoms with van der Waals surface area (Å²) in [5.41, 5.74) is 0.565. The van der Waals surface area contributed by atoms with Gasteiger partial charge in [-0.25, -0.2) is 0 Å². The van der Waals surface area contributed by atoms with Crippen LogP contribution in [0.15, 0.2) is 30.3 Å². The van der Waals surface area contributed by atoms with Crippen LogP contribution in [0.3, 0.4) is 0 Å². The van der Waals surface area contributed by atoms with Crippen LogP contribution >= 0.6 is 0 Å². The molecular weight excluding hydrogens is 184 g/mol. The van der Waals surface area contributed by atoms with Crippen molar-refractivity contribution in [3.63, 3.8) is 0 Å². The molecule has 1 N–H and O–H groups in total. The van der Waals surface area contributed by atoms with Crippen LogP contribution in [-0.2, 0) is 0 Å². The van der Waals surface area contributed by atoms with E-state index in [4.69, 9.17) is 5.26 Å². The Labute approximate surface area is 91.9 Å². The van der Waals surface area contributed by atoms with Crippen LogP contribution in [0.5, 0.6) is 0 Å². The number of nitrogens with one attached hydrogen (secondary N) is 1.